The fourth-order valence-electron chi connectivity index (χ4n) is 4.65. The van der Waals surface area contributed by atoms with Crippen molar-refractivity contribution in [1.29, 1.82) is 0 Å². The van der Waals surface area contributed by atoms with Crippen molar-refractivity contribution in [3.8, 4) is 11.5 Å². The first-order valence-corrected chi connectivity index (χ1v) is 10.1. The van der Waals surface area contributed by atoms with Crippen LogP contribution in [0.15, 0.2) is 36.4 Å². The number of carbonyl (C=O) groups is 2. The number of nitrogens with one attached hydrogen (secondary N) is 1. The van der Waals surface area contributed by atoms with Crippen molar-refractivity contribution in [3.05, 3.63) is 58.7 Å². The van der Waals surface area contributed by atoms with Crippen LogP contribution in [0.1, 0.15) is 51.8 Å². The van der Waals surface area contributed by atoms with Gasteiger partial charge in [0, 0.05) is 18.2 Å². The maximum absolute atomic E-state index is 13.4. The third kappa shape index (κ3) is 2.85. The molecular formula is C23H24N2O4. The highest BCUT2D eigenvalue weighted by molar-refractivity contribution is 6.01. The van der Waals surface area contributed by atoms with Crippen molar-refractivity contribution >= 4 is 11.8 Å². The summed E-state index contributed by atoms with van der Waals surface area (Å²) in [4.78, 5) is 28.5. The van der Waals surface area contributed by atoms with Gasteiger partial charge in [0.05, 0.1) is 26.2 Å². The lowest BCUT2D eigenvalue weighted by atomic mass is 9.75. The Bertz CT molecular complexity index is 998. The van der Waals surface area contributed by atoms with Crippen LogP contribution in [0, 0.1) is 0 Å². The van der Waals surface area contributed by atoms with E-state index in [-0.39, 0.29) is 23.9 Å². The summed E-state index contributed by atoms with van der Waals surface area (Å²) in [6.07, 6.45) is 2.76. The number of carbonyl (C=O) groups excluding carboxylic acids is 2. The minimum absolute atomic E-state index is 0.00918. The number of benzene rings is 2. The highest BCUT2D eigenvalue weighted by Crippen LogP contribution is 2.48. The Hall–Kier alpha value is -3.02. The number of methoxy groups -OCH3 is 2. The summed E-state index contributed by atoms with van der Waals surface area (Å²) in [6.45, 7) is 0.577. The topological polar surface area (TPSA) is 67.9 Å². The lowest BCUT2D eigenvalue weighted by molar-refractivity contribution is -0.124. The zero-order chi connectivity index (χ0) is 20.1. The summed E-state index contributed by atoms with van der Waals surface area (Å²) in [7, 11) is 3.22. The van der Waals surface area contributed by atoms with Crippen LogP contribution in [0.5, 0.6) is 11.5 Å². The Morgan fingerprint density at radius 2 is 1.79 bits per heavy atom. The van der Waals surface area contributed by atoms with Crippen LogP contribution in [0.3, 0.4) is 0 Å². The van der Waals surface area contributed by atoms with Gasteiger partial charge in [-0.3, -0.25) is 9.59 Å². The van der Waals surface area contributed by atoms with Crippen LogP contribution in [-0.2, 0) is 11.2 Å². The molecule has 0 saturated heterocycles. The molecule has 0 radical (unpaired) electrons. The lowest BCUT2D eigenvalue weighted by Gasteiger charge is -2.45. The molecule has 29 heavy (non-hydrogen) atoms. The third-order valence-electron chi connectivity index (χ3n) is 6.23. The molecular weight excluding hydrogens is 368 g/mol. The molecule has 1 N–H and O–H groups in total. The summed E-state index contributed by atoms with van der Waals surface area (Å²) in [5.74, 6) is 0.815. The fraction of sp³-hybridized carbons (Fsp3) is 0.391. The molecule has 6 nitrogen and oxygen atoms in total. The Balaban J connectivity index is 1.68. The first kappa shape index (κ1) is 18.0. The molecule has 5 rings (SSSR count). The van der Waals surface area contributed by atoms with Gasteiger partial charge in [-0.05, 0) is 54.2 Å². The van der Waals surface area contributed by atoms with E-state index in [0.717, 1.165) is 36.0 Å². The molecule has 1 saturated carbocycles. The highest BCUT2D eigenvalue weighted by atomic mass is 16.5. The van der Waals surface area contributed by atoms with E-state index in [0.29, 0.717) is 23.6 Å². The van der Waals surface area contributed by atoms with Gasteiger partial charge in [0.1, 0.15) is 0 Å². The molecule has 1 fully saturated rings. The van der Waals surface area contributed by atoms with Gasteiger partial charge in [0.15, 0.2) is 11.5 Å². The summed E-state index contributed by atoms with van der Waals surface area (Å²) >= 11 is 0. The van der Waals surface area contributed by atoms with Crippen molar-refractivity contribution in [2.45, 2.75) is 37.3 Å². The number of rotatable bonds is 4. The predicted octanol–water partition coefficient (Wildman–Crippen LogP) is 2.82. The van der Waals surface area contributed by atoms with E-state index in [4.69, 9.17) is 9.47 Å². The first-order chi connectivity index (χ1) is 14.1. The van der Waals surface area contributed by atoms with Crippen molar-refractivity contribution < 1.29 is 19.1 Å². The molecule has 2 amide bonds. The second-order valence-corrected chi connectivity index (χ2v) is 7.95. The number of amides is 2. The Labute approximate surface area is 169 Å². The fourth-order valence-corrected chi connectivity index (χ4v) is 4.65. The molecule has 1 aliphatic carbocycles. The minimum Gasteiger partial charge on any atom is -0.493 e. The smallest absolute Gasteiger partial charge is 0.254 e. The predicted molar refractivity (Wildman–Crippen MR) is 107 cm³/mol. The van der Waals surface area contributed by atoms with Crippen LogP contribution < -0.4 is 14.8 Å². The molecule has 2 atom stereocenters. The zero-order valence-electron chi connectivity index (χ0n) is 16.6. The summed E-state index contributed by atoms with van der Waals surface area (Å²) in [6, 6.07) is 11.3. The molecule has 0 spiro atoms. The minimum atomic E-state index is -0.443. The highest BCUT2D eigenvalue weighted by Gasteiger charge is 2.47. The zero-order valence-corrected chi connectivity index (χ0v) is 16.6. The average molecular weight is 392 g/mol. The van der Waals surface area contributed by atoms with Gasteiger partial charge in [-0.2, -0.15) is 0 Å². The van der Waals surface area contributed by atoms with E-state index in [1.54, 1.807) is 14.2 Å². The van der Waals surface area contributed by atoms with Crippen molar-refractivity contribution in [2.75, 3.05) is 20.8 Å². The normalized spacial score (nSPS) is 22.3. The van der Waals surface area contributed by atoms with E-state index in [1.165, 1.54) is 0 Å². The van der Waals surface area contributed by atoms with E-state index >= 15 is 0 Å². The van der Waals surface area contributed by atoms with Gasteiger partial charge < -0.3 is 19.7 Å². The molecule has 150 valence electrons. The van der Waals surface area contributed by atoms with Crippen molar-refractivity contribution in [1.82, 2.24) is 10.2 Å². The van der Waals surface area contributed by atoms with E-state index < -0.39 is 5.92 Å². The molecule has 2 aromatic carbocycles. The molecule has 2 aromatic rings. The number of hydrogen-bond acceptors (Lipinski definition) is 4. The van der Waals surface area contributed by atoms with Gasteiger partial charge in [0.2, 0.25) is 5.91 Å². The van der Waals surface area contributed by atoms with Gasteiger partial charge in [-0.1, -0.05) is 18.2 Å². The van der Waals surface area contributed by atoms with E-state index in [9.17, 15) is 9.59 Å². The summed E-state index contributed by atoms with van der Waals surface area (Å²) < 4.78 is 11.0. The van der Waals surface area contributed by atoms with E-state index in [2.05, 4.69) is 5.32 Å². The van der Waals surface area contributed by atoms with Crippen molar-refractivity contribution in [2.24, 2.45) is 0 Å². The van der Waals surface area contributed by atoms with Crippen molar-refractivity contribution in [3.63, 3.8) is 0 Å². The number of nitrogens with zero attached hydrogens (tertiary/aromatic N) is 1. The van der Waals surface area contributed by atoms with Gasteiger partial charge in [0.25, 0.3) is 5.91 Å². The van der Waals surface area contributed by atoms with E-state index in [1.807, 2.05) is 41.3 Å². The molecule has 3 aliphatic rings. The average Bonchev–Trinajstić information content (AvgIpc) is 3.56. The number of fused-ring (bicyclic) bond motifs is 4. The second kappa shape index (κ2) is 6.79. The number of hydrogen-bond donors (Lipinski definition) is 1. The standard InChI is InChI=1S/C23H24N2O4/c1-28-18-11-13-9-10-25-21(17(13)12-19(18)29-2)20(22(26)24-14-7-8-14)15-5-3-4-6-16(15)23(25)27/h3-6,11-12,14,20-21H,7-10H2,1-2H3,(H,24,26)/t20-,21-/m1/s1. The van der Waals surface area contributed by atoms with Crippen LogP contribution in [0.25, 0.3) is 0 Å². The van der Waals surface area contributed by atoms with Gasteiger partial charge >= 0.3 is 0 Å². The van der Waals surface area contributed by atoms with Crippen LogP contribution in [0.2, 0.25) is 0 Å². The quantitative estimate of drug-likeness (QED) is 0.869. The van der Waals surface area contributed by atoms with Crippen LogP contribution in [0.4, 0.5) is 0 Å². The molecule has 0 aromatic heterocycles. The van der Waals surface area contributed by atoms with Crippen LogP contribution in [-0.4, -0.2) is 43.5 Å². The molecule has 2 heterocycles. The largest absolute Gasteiger partial charge is 0.493 e. The molecule has 0 unspecified atom stereocenters. The summed E-state index contributed by atoms with van der Waals surface area (Å²) in [5, 5.41) is 3.16. The number of ether oxygens (including phenoxy) is 2. The maximum atomic E-state index is 13.4. The Morgan fingerprint density at radius 3 is 2.52 bits per heavy atom. The monoisotopic (exact) mass is 392 g/mol. The first-order valence-electron chi connectivity index (χ1n) is 10.1. The maximum Gasteiger partial charge on any atom is 0.254 e. The Kier molecular flexibility index (Phi) is 4.23. The molecule has 6 heteroatoms. The molecule has 0 bridgehead atoms. The second-order valence-electron chi connectivity index (χ2n) is 7.95. The SMILES string of the molecule is COc1cc2c(cc1OC)[C@@H]1[C@H](C(=O)NC3CC3)c3ccccc3C(=O)N1CC2. The Morgan fingerprint density at radius 1 is 1.07 bits per heavy atom. The lowest BCUT2D eigenvalue weighted by Crippen LogP contribution is -2.50. The third-order valence-corrected chi connectivity index (χ3v) is 6.23. The van der Waals surface area contributed by atoms with Gasteiger partial charge in [-0.15, -0.1) is 0 Å². The van der Waals surface area contributed by atoms with Gasteiger partial charge in [-0.25, -0.2) is 0 Å². The van der Waals surface area contributed by atoms with Crippen LogP contribution >= 0.6 is 0 Å². The molecule has 2 aliphatic heterocycles. The summed E-state index contributed by atoms with van der Waals surface area (Å²) in [5.41, 5.74) is 3.50.